The maximum Gasteiger partial charge on any atom is 0.222 e. The molecule has 1 saturated heterocycles. The van der Waals surface area contributed by atoms with Crippen LogP contribution in [-0.2, 0) is 11.3 Å². The number of nitrogens with zero attached hydrogens (tertiary/aromatic N) is 2. The number of ether oxygens (including phenoxy) is 1. The Hall–Kier alpha value is -2.37. The Labute approximate surface area is 177 Å². The summed E-state index contributed by atoms with van der Waals surface area (Å²) in [5.74, 6) is 1.08. The van der Waals surface area contributed by atoms with Gasteiger partial charge in [0.2, 0.25) is 5.91 Å². The maximum atomic E-state index is 12.5. The van der Waals surface area contributed by atoms with Crippen molar-refractivity contribution < 1.29 is 14.3 Å². The number of Topliss-reactive ketones (excluding diaryl/α,β-unsaturated/α-hetero) is 1. The number of hydrogen-bond donors (Lipinski definition) is 0. The monoisotopic (exact) mass is 414 g/mol. The highest BCUT2D eigenvalue weighted by atomic mass is 35.5. The van der Waals surface area contributed by atoms with Crippen LogP contribution in [0, 0.1) is 0 Å². The highest BCUT2D eigenvalue weighted by Crippen LogP contribution is 2.20. The molecule has 0 bridgehead atoms. The predicted molar refractivity (Wildman–Crippen MR) is 114 cm³/mol. The van der Waals surface area contributed by atoms with Crippen LogP contribution in [0.2, 0.25) is 5.02 Å². The number of ketones is 1. The highest BCUT2D eigenvalue weighted by molar-refractivity contribution is 6.30. The Balaban J connectivity index is 1.39. The van der Waals surface area contributed by atoms with E-state index < -0.39 is 0 Å². The molecule has 1 fully saturated rings. The number of piperazine rings is 1. The van der Waals surface area contributed by atoms with Crippen LogP contribution in [0.4, 0.5) is 0 Å². The molecule has 29 heavy (non-hydrogen) atoms. The topological polar surface area (TPSA) is 49.9 Å². The molecule has 1 amide bonds. The minimum absolute atomic E-state index is 0.0519. The van der Waals surface area contributed by atoms with Crippen LogP contribution in [-0.4, -0.2) is 54.8 Å². The number of benzene rings is 2. The van der Waals surface area contributed by atoms with Crippen LogP contribution in [0.25, 0.3) is 0 Å². The van der Waals surface area contributed by atoms with Gasteiger partial charge < -0.3 is 9.64 Å². The second-order valence-electron chi connectivity index (χ2n) is 7.25. The van der Waals surface area contributed by atoms with Crippen LogP contribution in [0.5, 0.6) is 5.75 Å². The minimum Gasteiger partial charge on any atom is -0.496 e. The highest BCUT2D eigenvalue weighted by Gasteiger charge is 2.21. The van der Waals surface area contributed by atoms with Gasteiger partial charge in [-0.25, -0.2) is 0 Å². The number of halogens is 1. The fourth-order valence-electron chi connectivity index (χ4n) is 3.57. The molecule has 3 rings (SSSR count). The largest absolute Gasteiger partial charge is 0.496 e. The first-order valence-electron chi connectivity index (χ1n) is 9.97. The third kappa shape index (κ3) is 6.05. The van der Waals surface area contributed by atoms with Gasteiger partial charge in [-0.3, -0.25) is 14.5 Å². The molecule has 0 saturated carbocycles. The molecule has 2 aromatic carbocycles. The third-order valence-corrected chi connectivity index (χ3v) is 5.52. The van der Waals surface area contributed by atoms with Gasteiger partial charge in [0.1, 0.15) is 5.75 Å². The molecule has 154 valence electrons. The lowest BCUT2D eigenvalue weighted by Gasteiger charge is -2.35. The fraction of sp³-hybridized carbons (Fsp3) is 0.391. The summed E-state index contributed by atoms with van der Waals surface area (Å²) in [4.78, 5) is 28.9. The van der Waals surface area contributed by atoms with Crippen molar-refractivity contribution in [3.05, 3.63) is 64.7 Å². The van der Waals surface area contributed by atoms with E-state index >= 15 is 0 Å². The number of hydrogen-bond acceptors (Lipinski definition) is 4. The van der Waals surface area contributed by atoms with Crippen molar-refractivity contribution in [2.24, 2.45) is 0 Å². The van der Waals surface area contributed by atoms with Crippen LogP contribution in [0.3, 0.4) is 0 Å². The zero-order chi connectivity index (χ0) is 20.6. The van der Waals surface area contributed by atoms with E-state index in [1.165, 1.54) is 0 Å². The molecule has 1 heterocycles. The lowest BCUT2D eigenvalue weighted by molar-refractivity contribution is -0.133. The maximum absolute atomic E-state index is 12.5. The van der Waals surface area contributed by atoms with Gasteiger partial charge in [-0.15, -0.1) is 0 Å². The van der Waals surface area contributed by atoms with Gasteiger partial charge in [0, 0.05) is 61.7 Å². The number of carbonyl (C=O) groups is 2. The van der Waals surface area contributed by atoms with Gasteiger partial charge in [0.05, 0.1) is 7.11 Å². The molecule has 0 spiro atoms. The quantitative estimate of drug-likeness (QED) is 0.611. The van der Waals surface area contributed by atoms with Crippen molar-refractivity contribution in [1.29, 1.82) is 0 Å². The predicted octanol–water partition coefficient (Wildman–Crippen LogP) is 4.05. The van der Waals surface area contributed by atoms with E-state index in [-0.39, 0.29) is 11.7 Å². The van der Waals surface area contributed by atoms with Gasteiger partial charge in [-0.05, 0) is 36.8 Å². The number of rotatable bonds is 8. The summed E-state index contributed by atoms with van der Waals surface area (Å²) in [6.07, 6.45) is 1.36. The molecule has 6 heteroatoms. The van der Waals surface area contributed by atoms with E-state index in [9.17, 15) is 9.59 Å². The lowest BCUT2D eigenvalue weighted by Crippen LogP contribution is -2.48. The molecule has 1 aliphatic rings. The van der Waals surface area contributed by atoms with Crippen molar-refractivity contribution in [1.82, 2.24) is 9.80 Å². The zero-order valence-corrected chi connectivity index (χ0v) is 17.5. The zero-order valence-electron chi connectivity index (χ0n) is 16.8. The van der Waals surface area contributed by atoms with E-state index in [1.54, 1.807) is 31.4 Å². The van der Waals surface area contributed by atoms with Crippen molar-refractivity contribution >= 4 is 23.3 Å². The lowest BCUT2D eigenvalue weighted by atomic mass is 10.1. The first kappa shape index (κ1) is 21.3. The molecule has 5 nitrogen and oxygen atoms in total. The minimum atomic E-state index is 0.0519. The molecule has 1 aliphatic heterocycles. The summed E-state index contributed by atoms with van der Waals surface area (Å²) in [5, 5.41) is 0.613. The number of amides is 1. The molecule has 2 aromatic rings. The normalized spacial score (nSPS) is 14.6. The average Bonchev–Trinajstić information content (AvgIpc) is 2.75. The first-order chi connectivity index (χ1) is 14.1. The summed E-state index contributed by atoms with van der Waals surface area (Å²) in [5.41, 5.74) is 1.81. The molecular formula is C23H27ClN2O3. The van der Waals surface area contributed by atoms with Gasteiger partial charge >= 0.3 is 0 Å². The van der Waals surface area contributed by atoms with E-state index in [0.29, 0.717) is 29.8 Å². The Morgan fingerprint density at radius 3 is 2.34 bits per heavy atom. The van der Waals surface area contributed by atoms with Gasteiger partial charge in [0.25, 0.3) is 0 Å². The summed E-state index contributed by atoms with van der Waals surface area (Å²) >= 11 is 5.85. The van der Waals surface area contributed by atoms with Gasteiger partial charge in [-0.1, -0.05) is 29.8 Å². The molecule has 0 unspecified atom stereocenters. The Bertz CT molecular complexity index is 830. The average molecular weight is 415 g/mol. The Kier molecular flexibility index (Phi) is 7.67. The van der Waals surface area contributed by atoms with E-state index in [2.05, 4.69) is 11.0 Å². The molecule has 0 aliphatic carbocycles. The van der Waals surface area contributed by atoms with Crippen molar-refractivity contribution in [2.75, 3.05) is 33.3 Å². The summed E-state index contributed by atoms with van der Waals surface area (Å²) in [7, 11) is 1.69. The summed E-state index contributed by atoms with van der Waals surface area (Å²) in [6.45, 7) is 3.95. The summed E-state index contributed by atoms with van der Waals surface area (Å²) < 4.78 is 5.42. The van der Waals surface area contributed by atoms with Crippen LogP contribution in [0.15, 0.2) is 48.5 Å². The van der Waals surface area contributed by atoms with Crippen LogP contribution in [0.1, 0.15) is 35.2 Å². The van der Waals surface area contributed by atoms with Crippen LogP contribution < -0.4 is 4.74 Å². The number of methoxy groups -OCH3 is 1. The molecule has 0 N–H and O–H groups in total. The Morgan fingerprint density at radius 1 is 0.966 bits per heavy atom. The standard InChI is InChI=1S/C23H27ClN2O3/c1-29-22-7-3-2-5-19(22)17-25-13-15-26(16-14-25)23(28)8-4-6-21(27)18-9-11-20(24)12-10-18/h2-3,5,7,9-12H,4,6,8,13-17H2,1H3. The summed E-state index contributed by atoms with van der Waals surface area (Å²) in [6, 6.07) is 14.9. The van der Waals surface area contributed by atoms with Crippen molar-refractivity contribution in [3.63, 3.8) is 0 Å². The Morgan fingerprint density at radius 2 is 1.66 bits per heavy atom. The third-order valence-electron chi connectivity index (χ3n) is 5.27. The molecule has 0 radical (unpaired) electrons. The van der Waals surface area contributed by atoms with Gasteiger partial charge in [-0.2, -0.15) is 0 Å². The number of carbonyl (C=O) groups excluding carboxylic acids is 2. The number of para-hydroxylation sites is 1. The van der Waals surface area contributed by atoms with Crippen molar-refractivity contribution in [2.45, 2.75) is 25.8 Å². The smallest absolute Gasteiger partial charge is 0.222 e. The second-order valence-corrected chi connectivity index (χ2v) is 7.69. The SMILES string of the molecule is COc1ccccc1CN1CCN(C(=O)CCCC(=O)c2ccc(Cl)cc2)CC1. The van der Waals surface area contributed by atoms with E-state index in [1.807, 2.05) is 23.1 Å². The fourth-order valence-corrected chi connectivity index (χ4v) is 3.69. The first-order valence-corrected chi connectivity index (χ1v) is 10.4. The second kappa shape index (κ2) is 10.4. The van der Waals surface area contributed by atoms with Crippen LogP contribution >= 0.6 is 11.6 Å². The van der Waals surface area contributed by atoms with Crippen molar-refractivity contribution in [3.8, 4) is 5.75 Å². The molecular weight excluding hydrogens is 388 g/mol. The van der Waals surface area contributed by atoms with E-state index in [0.717, 1.165) is 44.0 Å². The van der Waals surface area contributed by atoms with E-state index in [4.69, 9.17) is 16.3 Å². The molecule has 0 aromatic heterocycles. The van der Waals surface area contributed by atoms with Gasteiger partial charge in [0.15, 0.2) is 5.78 Å². The molecule has 0 atom stereocenters.